The second-order valence-electron chi connectivity index (χ2n) is 3.89. The highest BCUT2D eigenvalue weighted by atomic mass is 32.1. The van der Waals surface area contributed by atoms with Gasteiger partial charge in [-0.15, -0.1) is 11.3 Å². The van der Waals surface area contributed by atoms with Crippen LogP contribution in [0.3, 0.4) is 0 Å². The molecule has 0 saturated carbocycles. The van der Waals surface area contributed by atoms with Gasteiger partial charge in [-0.25, -0.2) is 0 Å². The molecule has 3 rings (SSSR count). The third kappa shape index (κ3) is 2.14. The lowest BCUT2D eigenvalue weighted by atomic mass is 10.2. The summed E-state index contributed by atoms with van der Waals surface area (Å²) in [7, 11) is 0. The fourth-order valence-electron chi connectivity index (χ4n) is 1.80. The van der Waals surface area contributed by atoms with E-state index in [1.807, 2.05) is 29.6 Å². The predicted molar refractivity (Wildman–Crippen MR) is 69.1 cm³/mol. The van der Waals surface area contributed by atoms with Gasteiger partial charge < -0.3 is 19.9 Å². The number of thiophene rings is 1. The highest BCUT2D eigenvalue weighted by molar-refractivity contribution is 7.10. The van der Waals surface area contributed by atoms with Crippen LogP contribution in [-0.2, 0) is 13.2 Å². The molecule has 0 spiro atoms. The fourth-order valence-corrected chi connectivity index (χ4v) is 2.49. The van der Waals surface area contributed by atoms with Gasteiger partial charge in [0.1, 0.15) is 12.4 Å². The molecule has 0 amide bonds. The first kappa shape index (κ1) is 11.4. The molecular weight excluding hydrogens is 250 g/mol. The van der Waals surface area contributed by atoms with Gasteiger partial charge in [0.05, 0.1) is 4.88 Å². The van der Waals surface area contributed by atoms with Crippen molar-refractivity contribution in [2.24, 2.45) is 5.73 Å². The molecule has 0 unspecified atom stereocenters. The number of hydrogen-bond donors (Lipinski definition) is 1. The Morgan fingerprint density at radius 2 is 2.11 bits per heavy atom. The van der Waals surface area contributed by atoms with Crippen LogP contribution in [0.2, 0.25) is 0 Å². The van der Waals surface area contributed by atoms with E-state index >= 15 is 0 Å². The van der Waals surface area contributed by atoms with Crippen LogP contribution < -0.4 is 19.9 Å². The molecule has 2 heterocycles. The van der Waals surface area contributed by atoms with Gasteiger partial charge in [0.2, 0.25) is 6.79 Å². The van der Waals surface area contributed by atoms with E-state index in [0.29, 0.717) is 19.9 Å². The predicted octanol–water partition coefficient (Wildman–Crippen LogP) is 2.51. The number of ether oxygens (including phenoxy) is 3. The van der Waals surface area contributed by atoms with Crippen LogP contribution in [0.25, 0.3) is 0 Å². The zero-order chi connectivity index (χ0) is 12.4. The van der Waals surface area contributed by atoms with E-state index in [-0.39, 0.29) is 0 Å². The van der Waals surface area contributed by atoms with Gasteiger partial charge in [-0.05, 0) is 29.1 Å². The largest absolute Gasteiger partial charge is 0.488 e. The Balaban J connectivity index is 1.70. The van der Waals surface area contributed by atoms with Crippen molar-refractivity contribution >= 4 is 11.3 Å². The zero-order valence-electron chi connectivity index (χ0n) is 9.72. The van der Waals surface area contributed by atoms with Crippen LogP contribution in [0.1, 0.15) is 10.4 Å². The minimum atomic E-state index is 0.293. The molecule has 1 aliphatic heterocycles. The Morgan fingerprint density at radius 1 is 1.22 bits per heavy atom. The van der Waals surface area contributed by atoms with Crippen LogP contribution in [0.4, 0.5) is 0 Å². The second-order valence-corrected chi connectivity index (χ2v) is 4.89. The SMILES string of the molecule is NCc1sccc1OCc1ccc2c(c1)OCO2. The average molecular weight is 263 g/mol. The summed E-state index contributed by atoms with van der Waals surface area (Å²) < 4.78 is 16.3. The van der Waals surface area contributed by atoms with Gasteiger partial charge in [-0.3, -0.25) is 0 Å². The summed E-state index contributed by atoms with van der Waals surface area (Å²) in [5, 5.41) is 1.98. The Hall–Kier alpha value is -1.72. The quantitative estimate of drug-likeness (QED) is 0.921. The molecule has 1 aromatic carbocycles. The Bertz CT molecular complexity index is 553. The molecule has 4 nitrogen and oxygen atoms in total. The molecule has 0 bridgehead atoms. The average Bonchev–Trinajstić information content (AvgIpc) is 3.04. The van der Waals surface area contributed by atoms with Crippen molar-refractivity contribution in [2.45, 2.75) is 13.2 Å². The lowest BCUT2D eigenvalue weighted by Crippen LogP contribution is -1.99. The van der Waals surface area contributed by atoms with E-state index in [2.05, 4.69) is 0 Å². The van der Waals surface area contributed by atoms with E-state index in [1.165, 1.54) is 0 Å². The van der Waals surface area contributed by atoms with E-state index in [1.54, 1.807) is 11.3 Å². The van der Waals surface area contributed by atoms with Crippen molar-refractivity contribution in [2.75, 3.05) is 6.79 Å². The number of benzene rings is 1. The minimum absolute atomic E-state index is 0.293. The second kappa shape index (κ2) is 4.88. The molecule has 18 heavy (non-hydrogen) atoms. The maximum atomic E-state index is 5.75. The Kier molecular flexibility index (Phi) is 3.08. The van der Waals surface area contributed by atoms with Gasteiger partial charge in [-0.2, -0.15) is 0 Å². The first-order chi connectivity index (χ1) is 8.86. The van der Waals surface area contributed by atoms with E-state index < -0.39 is 0 Å². The summed E-state index contributed by atoms with van der Waals surface area (Å²) in [6.45, 7) is 1.30. The topological polar surface area (TPSA) is 53.7 Å². The lowest BCUT2D eigenvalue weighted by Gasteiger charge is -2.07. The molecule has 5 heteroatoms. The molecular formula is C13H13NO3S. The van der Waals surface area contributed by atoms with Crippen LogP contribution in [0.15, 0.2) is 29.6 Å². The van der Waals surface area contributed by atoms with Crippen molar-refractivity contribution in [3.63, 3.8) is 0 Å². The highest BCUT2D eigenvalue weighted by Crippen LogP contribution is 2.33. The lowest BCUT2D eigenvalue weighted by molar-refractivity contribution is 0.174. The number of hydrogen-bond acceptors (Lipinski definition) is 5. The Labute approximate surface area is 109 Å². The maximum Gasteiger partial charge on any atom is 0.231 e. The molecule has 0 atom stereocenters. The Morgan fingerprint density at radius 3 is 3.00 bits per heavy atom. The number of rotatable bonds is 4. The van der Waals surface area contributed by atoms with Crippen LogP contribution in [0.5, 0.6) is 17.2 Å². The first-order valence-corrected chi connectivity index (χ1v) is 6.52. The minimum Gasteiger partial charge on any atom is -0.488 e. The summed E-state index contributed by atoms with van der Waals surface area (Å²) in [6.07, 6.45) is 0. The summed E-state index contributed by atoms with van der Waals surface area (Å²) in [5.74, 6) is 2.43. The molecule has 1 aliphatic rings. The molecule has 1 aromatic heterocycles. The van der Waals surface area contributed by atoms with Crippen LogP contribution >= 0.6 is 11.3 Å². The van der Waals surface area contributed by atoms with Crippen molar-refractivity contribution < 1.29 is 14.2 Å². The van der Waals surface area contributed by atoms with Crippen molar-refractivity contribution in [1.82, 2.24) is 0 Å². The van der Waals surface area contributed by atoms with Gasteiger partial charge in [0.25, 0.3) is 0 Å². The van der Waals surface area contributed by atoms with Crippen molar-refractivity contribution in [3.05, 3.63) is 40.1 Å². The normalized spacial score (nSPS) is 12.7. The van der Waals surface area contributed by atoms with E-state index in [9.17, 15) is 0 Å². The first-order valence-electron chi connectivity index (χ1n) is 5.64. The molecule has 0 aliphatic carbocycles. The summed E-state index contributed by atoms with van der Waals surface area (Å²) >= 11 is 1.61. The van der Waals surface area contributed by atoms with Crippen molar-refractivity contribution in [1.29, 1.82) is 0 Å². The van der Waals surface area contributed by atoms with E-state index in [0.717, 1.165) is 27.7 Å². The highest BCUT2D eigenvalue weighted by Gasteiger charge is 2.13. The van der Waals surface area contributed by atoms with Crippen LogP contribution in [-0.4, -0.2) is 6.79 Å². The van der Waals surface area contributed by atoms with Gasteiger partial charge in [-0.1, -0.05) is 6.07 Å². The summed E-state index contributed by atoms with van der Waals surface area (Å²) in [5.41, 5.74) is 6.68. The summed E-state index contributed by atoms with van der Waals surface area (Å²) in [6, 6.07) is 7.76. The summed E-state index contributed by atoms with van der Waals surface area (Å²) in [4.78, 5) is 1.07. The number of nitrogens with two attached hydrogens (primary N) is 1. The smallest absolute Gasteiger partial charge is 0.231 e. The molecule has 0 saturated heterocycles. The third-order valence-corrected chi connectivity index (χ3v) is 3.65. The standard InChI is InChI=1S/C13H13NO3S/c14-6-13-11(3-4-18-13)15-7-9-1-2-10-12(5-9)17-8-16-10/h1-5H,6-8,14H2. The van der Waals surface area contributed by atoms with Gasteiger partial charge in [0.15, 0.2) is 11.5 Å². The maximum absolute atomic E-state index is 5.75. The molecule has 94 valence electrons. The number of fused-ring (bicyclic) bond motifs is 1. The van der Waals surface area contributed by atoms with Crippen LogP contribution in [0, 0.1) is 0 Å². The van der Waals surface area contributed by atoms with E-state index in [4.69, 9.17) is 19.9 Å². The van der Waals surface area contributed by atoms with Crippen molar-refractivity contribution in [3.8, 4) is 17.2 Å². The molecule has 0 radical (unpaired) electrons. The van der Waals surface area contributed by atoms with Gasteiger partial charge in [0, 0.05) is 6.54 Å². The fraction of sp³-hybridized carbons (Fsp3) is 0.231. The zero-order valence-corrected chi connectivity index (χ0v) is 10.5. The third-order valence-electron chi connectivity index (χ3n) is 2.72. The molecule has 0 fully saturated rings. The molecule has 2 N–H and O–H groups in total. The van der Waals surface area contributed by atoms with Gasteiger partial charge >= 0.3 is 0 Å². The molecule has 2 aromatic rings. The monoisotopic (exact) mass is 263 g/mol.